The highest BCUT2D eigenvalue weighted by molar-refractivity contribution is 7.92. The second-order valence-electron chi connectivity index (χ2n) is 4.96. The van der Waals surface area contributed by atoms with E-state index in [1.807, 2.05) is 6.92 Å². The normalized spacial score (nSPS) is 11.7. The van der Waals surface area contributed by atoms with Gasteiger partial charge in [0, 0.05) is 19.8 Å². The van der Waals surface area contributed by atoms with Gasteiger partial charge in [-0.15, -0.1) is 0 Å². The maximum Gasteiger partial charge on any atom is 0.261 e. The van der Waals surface area contributed by atoms with Crippen LogP contribution >= 0.6 is 0 Å². The average Bonchev–Trinajstić information content (AvgIpc) is 2.51. The van der Waals surface area contributed by atoms with Crippen molar-refractivity contribution in [2.45, 2.75) is 18.1 Å². The number of nitrogens with one attached hydrogen (secondary N) is 1. The summed E-state index contributed by atoms with van der Waals surface area (Å²) in [6, 6.07) is 10.3. The molecule has 0 bridgehead atoms. The third kappa shape index (κ3) is 4.07. The molecule has 0 aromatic heterocycles. The van der Waals surface area contributed by atoms with Gasteiger partial charge in [-0.25, -0.2) is 12.8 Å². The number of aryl methyl sites for hydroxylation is 1. The third-order valence-corrected chi connectivity index (χ3v) is 4.65. The molecule has 2 aromatic carbocycles. The molecule has 0 saturated heterocycles. The first kappa shape index (κ1) is 17.4. The number of sulfonamides is 1. The van der Waals surface area contributed by atoms with Crippen molar-refractivity contribution in [3.63, 3.8) is 0 Å². The van der Waals surface area contributed by atoms with Gasteiger partial charge in [-0.2, -0.15) is 0 Å². The van der Waals surface area contributed by atoms with Gasteiger partial charge in [0.1, 0.15) is 5.82 Å². The first-order chi connectivity index (χ1) is 10.9. The molecule has 0 unspecified atom stereocenters. The summed E-state index contributed by atoms with van der Waals surface area (Å²) < 4.78 is 51.0. The maximum atomic E-state index is 14.2. The Morgan fingerprint density at radius 2 is 1.65 bits per heavy atom. The summed E-state index contributed by atoms with van der Waals surface area (Å²) in [7, 11) is -0.988. The van der Waals surface area contributed by atoms with Crippen LogP contribution in [0, 0.1) is 12.7 Å². The van der Waals surface area contributed by atoms with Crippen LogP contribution in [0.2, 0.25) is 0 Å². The van der Waals surface area contributed by atoms with E-state index in [2.05, 4.69) is 4.72 Å². The van der Waals surface area contributed by atoms with E-state index >= 15 is 0 Å². The number of anilines is 1. The first-order valence-electron chi connectivity index (χ1n) is 6.82. The molecule has 0 radical (unpaired) electrons. The van der Waals surface area contributed by atoms with Gasteiger partial charge in [-0.05, 0) is 31.2 Å². The predicted molar refractivity (Wildman–Crippen MR) is 85.1 cm³/mol. The Bertz CT molecular complexity index is 771. The van der Waals surface area contributed by atoms with Crippen molar-refractivity contribution in [2.75, 3.05) is 18.9 Å². The molecule has 0 heterocycles. The average molecular weight is 339 g/mol. The van der Waals surface area contributed by atoms with Gasteiger partial charge in [0.25, 0.3) is 10.0 Å². The first-order valence-corrected chi connectivity index (χ1v) is 8.30. The van der Waals surface area contributed by atoms with Crippen molar-refractivity contribution in [1.29, 1.82) is 0 Å². The fourth-order valence-electron chi connectivity index (χ4n) is 2.05. The zero-order valence-electron chi connectivity index (χ0n) is 13.0. The minimum absolute atomic E-state index is 0.0678. The van der Waals surface area contributed by atoms with Gasteiger partial charge in [0.2, 0.25) is 0 Å². The summed E-state index contributed by atoms with van der Waals surface area (Å²) in [5.41, 5.74) is 1.25. The molecule has 1 N–H and O–H groups in total. The molecule has 0 spiro atoms. The second kappa shape index (κ2) is 7.08. The molecule has 0 aliphatic heterocycles. The van der Waals surface area contributed by atoms with Gasteiger partial charge >= 0.3 is 0 Å². The van der Waals surface area contributed by atoms with E-state index < -0.39 is 22.1 Å². The number of hydrogen-bond donors (Lipinski definition) is 1. The standard InChI is InChI=1S/C16H18FNO4S/c1-11-4-7-13(8-5-11)23(19,20)18-15-9-6-12(10-14(15)17)16(21-2)22-3/h4-10,16,18H,1-3H3. The Hall–Kier alpha value is -1.96. The molecule has 2 aromatic rings. The van der Waals surface area contributed by atoms with Crippen LogP contribution in [-0.2, 0) is 19.5 Å². The fourth-order valence-corrected chi connectivity index (χ4v) is 3.12. The molecule has 124 valence electrons. The van der Waals surface area contributed by atoms with E-state index in [0.717, 1.165) is 5.56 Å². The lowest BCUT2D eigenvalue weighted by Crippen LogP contribution is -2.14. The van der Waals surface area contributed by atoms with Gasteiger partial charge in [0.15, 0.2) is 6.29 Å². The third-order valence-electron chi connectivity index (χ3n) is 3.27. The van der Waals surface area contributed by atoms with Crippen molar-refractivity contribution in [3.8, 4) is 0 Å². The van der Waals surface area contributed by atoms with Gasteiger partial charge in [-0.1, -0.05) is 23.8 Å². The Morgan fingerprint density at radius 1 is 1.04 bits per heavy atom. The van der Waals surface area contributed by atoms with Crippen LogP contribution in [0.25, 0.3) is 0 Å². The van der Waals surface area contributed by atoms with Gasteiger partial charge in [-0.3, -0.25) is 4.72 Å². The van der Waals surface area contributed by atoms with E-state index in [4.69, 9.17) is 9.47 Å². The fraction of sp³-hybridized carbons (Fsp3) is 0.250. The zero-order chi connectivity index (χ0) is 17.0. The van der Waals surface area contributed by atoms with Crippen LogP contribution in [-0.4, -0.2) is 22.6 Å². The molecule has 0 amide bonds. The Kier molecular flexibility index (Phi) is 5.35. The smallest absolute Gasteiger partial charge is 0.261 e. The van der Waals surface area contributed by atoms with Crippen LogP contribution in [0.5, 0.6) is 0 Å². The molecule has 0 atom stereocenters. The van der Waals surface area contributed by atoms with E-state index in [9.17, 15) is 12.8 Å². The van der Waals surface area contributed by atoms with Crippen LogP contribution in [0.1, 0.15) is 17.4 Å². The number of hydrogen-bond acceptors (Lipinski definition) is 4. The summed E-state index contributed by atoms with van der Waals surface area (Å²) in [5.74, 6) is -0.711. The summed E-state index contributed by atoms with van der Waals surface area (Å²) in [4.78, 5) is 0.0678. The summed E-state index contributed by atoms with van der Waals surface area (Å²) >= 11 is 0. The number of benzene rings is 2. The van der Waals surface area contributed by atoms with Crippen LogP contribution in [0.4, 0.5) is 10.1 Å². The lowest BCUT2D eigenvalue weighted by Gasteiger charge is -2.15. The summed E-state index contributed by atoms with van der Waals surface area (Å²) in [6.07, 6.45) is -0.716. The summed E-state index contributed by atoms with van der Waals surface area (Å²) in [5, 5.41) is 0. The molecule has 5 nitrogen and oxygen atoms in total. The molecule has 0 aliphatic rings. The molecular weight excluding hydrogens is 321 g/mol. The molecule has 23 heavy (non-hydrogen) atoms. The van der Waals surface area contributed by atoms with Crippen LogP contribution in [0.15, 0.2) is 47.4 Å². The Balaban J connectivity index is 2.27. The van der Waals surface area contributed by atoms with E-state index in [0.29, 0.717) is 5.56 Å². The van der Waals surface area contributed by atoms with E-state index in [1.165, 1.54) is 44.6 Å². The highest BCUT2D eigenvalue weighted by atomic mass is 32.2. The highest BCUT2D eigenvalue weighted by Gasteiger charge is 2.18. The van der Waals surface area contributed by atoms with Crippen LogP contribution in [0.3, 0.4) is 0 Å². The minimum atomic E-state index is -3.85. The van der Waals surface area contributed by atoms with E-state index in [-0.39, 0.29) is 10.6 Å². The number of halogens is 1. The zero-order valence-corrected chi connectivity index (χ0v) is 13.9. The van der Waals surface area contributed by atoms with E-state index in [1.54, 1.807) is 12.1 Å². The maximum absolute atomic E-state index is 14.2. The summed E-state index contributed by atoms with van der Waals surface area (Å²) in [6.45, 7) is 1.85. The number of rotatable bonds is 6. The van der Waals surface area contributed by atoms with Crippen molar-refractivity contribution < 1.29 is 22.3 Å². The molecule has 0 fully saturated rings. The highest BCUT2D eigenvalue weighted by Crippen LogP contribution is 2.24. The predicted octanol–water partition coefficient (Wildman–Crippen LogP) is 3.23. The SMILES string of the molecule is COC(OC)c1ccc(NS(=O)(=O)c2ccc(C)cc2)c(F)c1. The lowest BCUT2D eigenvalue weighted by molar-refractivity contribution is -0.106. The van der Waals surface area contributed by atoms with Crippen LogP contribution < -0.4 is 4.72 Å². The Morgan fingerprint density at radius 3 is 2.17 bits per heavy atom. The Labute approximate surface area is 135 Å². The molecule has 0 saturated carbocycles. The monoisotopic (exact) mass is 339 g/mol. The molecule has 7 heteroatoms. The molecular formula is C16H18FNO4S. The quantitative estimate of drug-likeness (QED) is 0.821. The number of ether oxygens (including phenoxy) is 2. The van der Waals surface area contributed by atoms with Crippen molar-refractivity contribution >= 4 is 15.7 Å². The number of methoxy groups -OCH3 is 2. The largest absolute Gasteiger partial charge is 0.352 e. The van der Waals surface area contributed by atoms with Gasteiger partial charge in [0.05, 0.1) is 10.6 Å². The van der Waals surface area contributed by atoms with Crippen molar-refractivity contribution in [3.05, 3.63) is 59.4 Å². The molecule has 0 aliphatic carbocycles. The van der Waals surface area contributed by atoms with Gasteiger partial charge < -0.3 is 9.47 Å². The van der Waals surface area contributed by atoms with Crippen molar-refractivity contribution in [1.82, 2.24) is 0 Å². The lowest BCUT2D eigenvalue weighted by atomic mass is 10.2. The second-order valence-corrected chi connectivity index (χ2v) is 6.64. The topological polar surface area (TPSA) is 64.6 Å². The van der Waals surface area contributed by atoms with Crippen molar-refractivity contribution in [2.24, 2.45) is 0 Å². The minimum Gasteiger partial charge on any atom is -0.352 e. The molecule has 2 rings (SSSR count).